The third kappa shape index (κ3) is 2.71. The molecule has 0 aliphatic carbocycles. The van der Waals surface area contributed by atoms with Gasteiger partial charge < -0.3 is 14.4 Å². The third-order valence-corrected chi connectivity index (χ3v) is 3.72. The Morgan fingerprint density at radius 1 is 1.24 bits per heavy atom. The summed E-state index contributed by atoms with van der Waals surface area (Å²) in [5.41, 5.74) is 0.0746. The number of benzene rings is 1. The maximum absolute atomic E-state index is 12.7. The fourth-order valence-corrected chi connectivity index (χ4v) is 2.47. The summed E-state index contributed by atoms with van der Waals surface area (Å²) in [5.74, 6) is -0.247. The Morgan fingerprint density at radius 2 is 1.96 bits per heavy atom. The molecule has 3 rings (SSSR count). The van der Waals surface area contributed by atoms with Crippen molar-refractivity contribution >= 4 is 11.2 Å². The Kier molecular flexibility index (Phi) is 3.75. The minimum Gasteiger partial charge on any atom is -0.507 e. The Bertz CT molecular complexity index is 1020. The van der Waals surface area contributed by atoms with Gasteiger partial charge in [0.25, 0.3) is 0 Å². The van der Waals surface area contributed by atoms with Gasteiger partial charge in [-0.3, -0.25) is 0 Å². The van der Waals surface area contributed by atoms with E-state index >= 15 is 0 Å². The molecule has 0 amide bonds. The average molecular weight is 348 g/mol. The number of halogens is 3. The van der Waals surface area contributed by atoms with E-state index in [1.54, 1.807) is 7.05 Å². The molecule has 128 valence electrons. The number of ether oxygens (including phenoxy) is 1. The molecule has 6 nitrogen and oxygen atoms in total. The van der Waals surface area contributed by atoms with Crippen molar-refractivity contribution in [3.05, 3.63) is 35.4 Å². The van der Waals surface area contributed by atoms with Crippen LogP contribution in [0.25, 0.3) is 22.6 Å². The molecule has 0 aliphatic heterocycles. The standard InChI is InChI=1S/C16H11F3N4O2/c1-23-11-5-8(7-20)15(25-2)22-13(11)21-14(23)10-4-3-9(6-12(10)24)16(17,18)19/h3-6,24H,1-2H3. The van der Waals surface area contributed by atoms with E-state index in [0.717, 1.165) is 12.1 Å². The summed E-state index contributed by atoms with van der Waals surface area (Å²) >= 11 is 0. The predicted molar refractivity (Wildman–Crippen MR) is 81.9 cm³/mol. The highest BCUT2D eigenvalue weighted by molar-refractivity contribution is 5.81. The van der Waals surface area contributed by atoms with Gasteiger partial charge in [-0.25, -0.2) is 4.98 Å². The molecule has 0 saturated heterocycles. The molecular weight excluding hydrogens is 337 g/mol. The molecule has 0 spiro atoms. The summed E-state index contributed by atoms with van der Waals surface area (Å²) < 4.78 is 44.7. The first kappa shape index (κ1) is 16.6. The molecule has 1 aromatic carbocycles. The summed E-state index contributed by atoms with van der Waals surface area (Å²) in [6.45, 7) is 0. The topological polar surface area (TPSA) is 84.0 Å². The zero-order valence-electron chi connectivity index (χ0n) is 13.1. The zero-order chi connectivity index (χ0) is 18.4. The monoisotopic (exact) mass is 348 g/mol. The summed E-state index contributed by atoms with van der Waals surface area (Å²) in [7, 11) is 2.97. The molecule has 0 atom stereocenters. The number of fused-ring (bicyclic) bond motifs is 1. The first-order valence-electron chi connectivity index (χ1n) is 6.98. The lowest BCUT2D eigenvalue weighted by Gasteiger charge is -2.10. The van der Waals surface area contributed by atoms with E-state index in [4.69, 9.17) is 10.00 Å². The number of phenolic OH excluding ortho intramolecular Hbond substituents is 1. The molecule has 0 unspecified atom stereocenters. The van der Waals surface area contributed by atoms with E-state index in [1.807, 2.05) is 6.07 Å². The number of aromatic nitrogens is 3. The molecular formula is C16H11F3N4O2. The lowest BCUT2D eigenvalue weighted by atomic mass is 10.1. The number of rotatable bonds is 2. The van der Waals surface area contributed by atoms with Crippen LogP contribution in [0, 0.1) is 11.3 Å². The maximum atomic E-state index is 12.7. The molecule has 1 N–H and O–H groups in total. The van der Waals surface area contributed by atoms with Crippen LogP contribution in [0.3, 0.4) is 0 Å². The van der Waals surface area contributed by atoms with Crippen molar-refractivity contribution < 1.29 is 23.0 Å². The van der Waals surface area contributed by atoms with Gasteiger partial charge in [-0.05, 0) is 24.3 Å². The van der Waals surface area contributed by atoms with Crippen LogP contribution in [-0.4, -0.2) is 26.8 Å². The number of phenols is 1. The number of nitriles is 1. The zero-order valence-corrected chi connectivity index (χ0v) is 13.1. The molecule has 9 heteroatoms. The number of imidazole rings is 1. The van der Waals surface area contributed by atoms with Crippen molar-refractivity contribution in [3.63, 3.8) is 0 Å². The normalized spacial score (nSPS) is 11.5. The molecule has 0 aliphatic rings. The summed E-state index contributed by atoms with van der Waals surface area (Å²) in [6, 6.07) is 6.11. The highest BCUT2D eigenvalue weighted by atomic mass is 19.4. The lowest BCUT2D eigenvalue weighted by molar-refractivity contribution is -0.137. The molecule has 2 heterocycles. The minimum absolute atomic E-state index is 0.0938. The van der Waals surface area contributed by atoms with E-state index in [9.17, 15) is 18.3 Å². The van der Waals surface area contributed by atoms with Crippen LogP contribution in [0.2, 0.25) is 0 Å². The highest BCUT2D eigenvalue weighted by Gasteiger charge is 2.31. The van der Waals surface area contributed by atoms with Gasteiger partial charge in [0.2, 0.25) is 5.88 Å². The molecule has 3 aromatic rings. The second-order valence-corrected chi connectivity index (χ2v) is 5.22. The van der Waals surface area contributed by atoms with Gasteiger partial charge in [0, 0.05) is 7.05 Å². The molecule has 25 heavy (non-hydrogen) atoms. The van der Waals surface area contributed by atoms with Gasteiger partial charge >= 0.3 is 6.18 Å². The molecule has 0 saturated carbocycles. The SMILES string of the molecule is COc1nc2nc(-c3ccc(C(F)(F)F)cc3O)n(C)c2cc1C#N. The van der Waals surface area contributed by atoms with Crippen LogP contribution in [0.1, 0.15) is 11.1 Å². The molecule has 0 radical (unpaired) electrons. The Labute approximate surface area is 139 Å². The van der Waals surface area contributed by atoms with Crippen LogP contribution in [0.4, 0.5) is 13.2 Å². The fourth-order valence-electron chi connectivity index (χ4n) is 2.47. The first-order valence-corrected chi connectivity index (χ1v) is 6.98. The van der Waals surface area contributed by atoms with Crippen LogP contribution in [0.15, 0.2) is 24.3 Å². The fraction of sp³-hybridized carbons (Fsp3) is 0.188. The number of nitrogens with zero attached hydrogens (tertiary/aromatic N) is 4. The van der Waals surface area contributed by atoms with Gasteiger partial charge in [-0.2, -0.15) is 23.4 Å². The van der Waals surface area contributed by atoms with Gasteiger partial charge in [-0.15, -0.1) is 0 Å². The van der Waals surface area contributed by atoms with E-state index in [2.05, 4.69) is 9.97 Å². The number of aryl methyl sites for hydroxylation is 1. The molecule has 0 fully saturated rings. The van der Waals surface area contributed by atoms with Crippen LogP contribution in [-0.2, 0) is 13.2 Å². The largest absolute Gasteiger partial charge is 0.507 e. The number of hydrogen-bond acceptors (Lipinski definition) is 5. The minimum atomic E-state index is -4.56. The van der Waals surface area contributed by atoms with Gasteiger partial charge in [0.1, 0.15) is 23.2 Å². The number of pyridine rings is 1. The Morgan fingerprint density at radius 3 is 2.52 bits per heavy atom. The van der Waals surface area contributed by atoms with E-state index < -0.39 is 17.5 Å². The molecule has 2 aromatic heterocycles. The number of hydrogen-bond donors (Lipinski definition) is 1. The summed E-state index contributed by atoms with van der Waals surface area (Å²) in [4.78, 5) is 8.36. The van der Waals surface area contributed by atoms with Crippen molar-refractivity contribution in [1.29, 1.82) is 5.26 Å². The van der Waals surface area contributed by atoms with Crippen molar-refractivity contribution in [2.24, 2.45) is 7.05 Å². The smallest absolute Gasteiger partial charge is 0.416 e. The first-order chi connectivity index (χ1) is 11.8. The van der Waals surface area contributed by atoms with Crippen LogP contribution >= 0.6 is 0 Å². The lowest BCUT2D eigenvalue weighted by Crippen LogP contribution is -2.04. The second kappa shape index (κ2) is 5.66. The van der Waals surface area contributed by atoms with E-state index in [0.29, 0.717) is 11.6 Å². The third-order valence-electron chi connectivity index (χ3n) is 3.72. The van der Waals surface area contributed by atoms with Gasteiger partial charge in [0.05, 0.1) is 23.8 Å². The number of alkyl halides is 3. The Hall–Kier alpha value is -3.28. The maximum Gasteiger partial charge on any atom is 0.416 e. The number of methoxy groups -OCH3 is 1. The van der Waals surface area contributed by atoms with Gasteiger partial charge in [0.15, 0.2) is 5.65 Å². The predicted octanol–water partition coefficient (Wildman–Crippen LogP) is 3.24. The molecule has 0 bridgehead atoms. The summed E-state index contributed by atoms with van der Waals surface area (Å²) in [5, 5.41) is 19.1. The second-order valence-electron chi connectivity index (χ2n) is 5.22. The highest BCUT2D eigenvalue weighted by Crippen LogP contribution is 2.37. The van der Waals surface area contributed by atoms with Crippen LogP contribution < -0.4 is 4.74 Å². The van der Waals surface area contributed by atoms with Crippen molar-refractivity contribution in [3.8, 4) is 29.1 Å². The van der Waals surface area contributed by atoms with Crippen molar-refractivity contribution in [2.45, 2.75) is 6.18 Å². The van der Waals surface area contributed by atoms with Crippen molar-refractivity contribution in [2.75, 3.05) is 7.11 Å². The number of aromatic hydroxyl groups is 1. The van der Waals surface area contributed by atoms with Gasteiger partial charge in [-0.1, -0.05) is 0 Å². The van der Waals surface area contributed by atoms with Crippen LogP contribution in [0.5, 0.6) is 11.6 Å². The van der Waals surface area contributed by atoms with E-state index in [-0.39, 0.29) is 28.5 Å². The summed E-state index contributed by atoms with van der Waals surface area (Å²) in [6.07, 6.45) is -4.56. The van der Waals surface area contributed by atoms with Crippen molar-refractivity contribution in [1.82, 2.24) is 14.5 Å². The Balaban J connectivity index is 2.20. The quantitative estimate of drug-likeness (QED) is 0.769. The average Bonchev–Trinajstić information content (AvgIpc) is 2.88. The van der Waals surface area contributed by atoms with E-state index in [1.165, 1.54) is 17.7 Å².